The Morgan fingerprint density at radius 2 is 1.31 bits per heavy atom. The summed E-state index contributed by atoms with van der Waals surface area (Å²) in [5.74, 6) is -9.67. The van der Waals surface area contributed by atoms with Crippen molar-refractivity contribution < 1.29 is 63.3 Å². The molecule has 0 spiro atoms. The Morgan fingerprint density at radius 3 is 1.84 bits per heavy atom. The highest BCUT2D eigenvalue weighted by Gasteiger charge is 2.41. The Labute approximate surface area is 396 Å². The number of carboxylic acid groups (broad SMARTS) is 1. The number of aliphatic carboxylic acids is 1. The highest BCUT2D eigenvalue weighted by molar-refractivity contribution is 5.98. The Morgan fingerprint density at radius 1 is 0.721 bits per heavy atom. The molecule has 0 unspecified atom stereocenters. The number of nitrogens with two attached hydrogens (primary N) is 3. The van der Waals surface area contributed by atoms with Crippen LogP contribution in [0.2, 0.25) is 0 Å². The van der Waals surface area contributed by atoms with E-state index in [0.29, 0.717) is 12.8 Å². The third kappa shape index (κ3) is 20.0. The summed E-state index contributed by atoms with van der Waals surface area (Å²) in [4.78, 5) is 136. The van der Waals surface area contributed by atoms with Crippen LogP contribution in [0.4, 0.5) is 0 Å². The summed E-state index contributed by atoms with van der Waals surface area (Å²) in [5, 5.41) is 48.6. The second-order valence-corrected chi connectivity index (χ2v) is 17.6. The van der Waals surface area contributed by atoms with Crippen LogP contribution in [0.15, 0.2) is 4.99 Å². The number of rotatable bonds is 29. The smallest absolute Gasteiger partial charge is 0.328 e. The molecule has 1 fully saturated rings. The minimum Gasteiger partial charge on any atom is -0.480 e. The van der Waals surface area contributed by atoms with E-state index in [0.717, 1.165) is 6.92 Å². The first-order valence-corrected chi connectivity index (χ1v) is 22.8. The summed E-state index contributed by atoms with van der Waals surface area (Å²) in [6.07, 6.45) is -0.0475. The maximum Gasteiger partial charge on any atom is 0.328 e. The van der Waals surface area contributed by atoms with Crippen molar-refractivity contribution in [3.63, 3.8) is 0 Å². The number of hydrogen-bond acceptors (Lipinski definition) is 14. The Balaban J connectivity index is 3.14. The summed E-state index contributed by atoms with van der Waals surface area (Å²) in [6.45, 7) is 11.1. The van der Waals surface area contributed by atoms with Crippen molar-refractivity contribution in [2.24, 2.45) is 39.9 Å². The molecule has 9 amide bonds. The third-order valence-corrected chi connectivity index (χ3v) is 11.0. The van der Waals surface area contributed by atoms with Crippen molar-refractivity contribution in [3.8, 4) is 0 Å². The Hall–Kier alpha value is -6.15. The summed E-state index contributed by atoms with van der Waals surface area (Å²) < 4.78 is 0. The minimum atomic E-state index is -1.66. The van der Waals surface area contributed by atoms with E-state index in [1.54, 1.807) is 27.7 Å². The average Bonchev–Trinajstić information content (AvgIpc) is 3.77. The molecule has 0 aromatic carbocycles. The predicted octanol–water partition coefficient (Wildman–Crippen LogP) is -5.27. The lowest BCUT2D eigenvalue weighted by Gasteiger charge is -2.32. The van der Waals surface area contributed by atoms with Crippen LogP contribution in [0, 0.1) is 17.8 Å². The number of aliphatic imine (C=N–C) groups is 1. The molecular weight excluding hydrogens is 895 g/mol. The quantitative estimate of drug-likeness (QED) is 0.0189. The van der Waals surface area contributed by atoms with E-state index in [1.807, 2.05) is 13.8 Å². The summed E-state index contributed by atoms with van der Waals surface area (Å²) in [5.41, 5.74) is 16.3. The fourth-order valence-corrected chi connectivity index (χ4v) is 6.97. The molecule has 26 heteroatoms. The molecule has 1 saturated heterocycles. The number of carboxylic acids is 1. The fourth-order valence-electron chi connectivity index (χ4n) is 6.97. The van der Waals surface area contributed by atoms with Gasteiger partial charge in [-0.15, -0.1) is 0 Å². The van der Waals surface area contributed by atoms with Gasteiger partial charge >= 0.3 is 5.97 Å². The summed E-state index contributed by atoms with van der Waals surface area (Å²) in [7, 11) is 0. The largest absolute Gasteiger partial charge is 0.480 e. The van der Waals surface area contributed by atoms with Crippen LogP contribution < -0.4 is 59.7 Å². The van der Waals surface area contributed by atoms with Crippen LogP contribution in [0.3, 0.4) is 0 Å². The molecule has 0 radical (unpaired) electrons. The highest BCUT2D eigenvalue weighted by atomic mass is 16.4. The van der Waals surface area contributed by atoms with Crippen LogP contribution in [0.5, 0.6) is 0 Å². The monoisotopic (exact) mass is 970 g/mol. The van der Waals surface area contributed by atoms with Crippen molar-refractivity contribution >= 4 is 65.1 Å². The zero-order valence-electron chi connectivity index (χ0n) is 40.3. The van der Waals surface area contributed by atoms with Gasteiger partial charge in [-0.2, -0.15) is 0 Å². The maximum atomic E-state index is 14.0. The van der Waals surface area contributed by atoms with E-state index >= 15 is 0 Å². The molecule has 386 valence electrons. The van der Waals surface area contributed by atoms with Crippen LogP contribution in [0.1, 0.15) is 93.9 Å². The van der Waals surface area contributed by atoms with Crippen molar-refractivity contribution in [2.75, 3.05) is 32.8 Å². The van der Waals surface area contributed by atoms with Gasteiger partial charge in [0, 0.05) is 13.1 Å². The van der Waals surface area contributed by atoms with Gasteiger partial charge < -0.3 is 80.0 Å². The molecule has 10 atom stereocenters. The number of carbonyl (C=O) groups excluding carboxylic acids is 9. The number of nitrogens with zero attached hydrogens (tertiary/aromatic N) is 2. The molecule has 0 saturated carbocycles. The number of nitrogens with one attached hydrogen (secondary N) is 8. The standard InChI is InChI=1S/C42H75N13O13/c1-9-22(6)32(39(65)48-23(7)34(60)54-33(24(8)57)41(67)68)53-37(63)27(19-56)50-30(59)18-47-35(61)25(12-10-14-46-42(44)45)51-38(64)28-13-11-15-55(28)40(66)31(21(4)5)52-36(62)26(16-20(2)3)49-29(58)17-43/h20-28,31-33,56-57H,9-19,43H2,1-8H3,(H,47,61)(H,48,65)(H,49,58)(H,50,59)(H,51,64)(H,52,62)(H,53,63)(H,54,60)(H,67,68)(H4,44,45,46)/t22-,23-,24+,25-,26-,27-,28-,31-,32-,33-/m0/s1. The van der Waals surface area contributed by atoms with E-state index in [4.69, 9.17) is 17.2 Å². The number of carbonyl (C=O) groups is 10. The fraction of sp³-hybridized carbons (Fsp3) is 0.738. The van der Waals surface area contributed by atoms with E-state index in [1.165, 1.54) is 11.8 Å². The van der Waals surface area contributed by atoms with E-state index in [2.05, 4.69) is 47.5 Å². The van der Waals surface area contributed by atoms with Crippen molar-refractivity contribution in [3.05, 3.63) is 0 Å². The van der Waals surface area contributed by atoms with Crippen LogP contribution in [-0.4, -0.2) is 173 Å². The lowest BCUT2D eigenvalue weighted by molar-refractivity contribution is -0.145. The van der Waals surface area contributed by atoms with Crippen LogP contribution >= 0.6 is 0 Å². The van der Waals surface area contributed by atoms with Crippen LogP contribution in [0.25, 0.3) is 0 Å². The normalized spacial score (nSPS) is 17.4. The number of guanidine groups is 1. The summed E-state index contributed by atoms with van der Waals surface area (Å²) in [6, 6.07) is -10.3. The minimum absolute atomic E-state index is 0.00320. The van der Waals surface area contributed by atoms with Crippen molar-refractivity contribution in [1.82, 2.24) is 47.4 Å². The van der Waals surface area contributed by atoms with Crippen LogP contribution in [-0.2, 0) is 47.9 Å². The summed E-state index contributed by atoms with van der Waals surface area (Å²) >= 11 is 0. The number of amides is 9. The second-order valence-electron chi connectivity index (χ2n) is 17.6. The van der Waals surface area contributed by atoms with E-state index in [-0.39, 0.29) is 57.2 Å². The molecule has 0 aromatic heterocycles. The number of aliphatic hydroxyl groups is 2. The van der Waals surface area contributed by atoms with Crippen molar-refractivity contribution in [2.45, 2.75) is 148 Å². The predicted molar refractivity (Wildman–Crippen MR) is 246 cm³/mol. The Bertz CT molecular complexity index is 1790. The molecule has 0 aliphatic carbocycles. The number of hydrogen-bond donors (Lipinski definition) is 14. The zero-order chi connectivity index (χ0) is 52.0. The second kappa shape index (κ2) is 29.6. The van der Waals surface area contributed by atoms with Gasteiger partial charge in [0.25, 0.3) is 0 Å². The number of aliphatic hydroxyl groups excluding tert-OH is 2. The Kier molecular flexibility index (Phi) is 26.0. The van der Waals surface area contributed by atoms with Crippen molar-refractivity contribution in [1.29, 1.82) is 0 Å². The first kappa shape index (κ1) is 59.9. The topological polar surface area (TPSA) is 421 Å². The van der Waals surface area contributed by atoms with E-state index < -0.39 is 139 Å². The molecular formula is C42H75N13O13. The molecule has 17 N–H and O–H groups in total. The number of likely N-dealkylation sites (tertiary alicyclic amines) is 1. The molecule has 1 heterocycles. The van der Waals surface area contributed by atoms with Gasteiger partial charge in [0.15, 0.2) is 12.0 Å². The lowest BCUT2D eigenvalue weighted by atomic mass is 9.97. The highest BCUT2D eigenvalue weighted by Crippen LogP contribution is 2.21. The van der Waals surface area contributed by atoms with Gasteiger partial charge in [0.2, 0.25) is 53.2 Å². The first-order valence-electron chi connectivity index (χ1n) is 22.8. The third-order valence-electron chi connectivity index (χ3n) is 11.0. The lowest BCUT2D eigenvalue weighted by Crippen LogP contribution is -2.60. The van der Waals surface area contributed by atoms with Gasteiger partial charge in [-0.05, 0) is 63.7 Å². The van der Waals surface area contributed by atoms with E-state index in [9.17, 15) is 63.3 Å². The van der Waals surface area contributed by atoms with Gasteiger partial charge in [-0.1, -0.05) is 48.0 Å². The molecule has 68 heavy (non-hydrogen) atoms. The zero-order valence-corrected chi connectivity index (χ0v) is 40.3. The maximum absolute atomic E-state index is 14.0. The molecule has 0 aromatic rings. The first-order chi connectivity index (χ1) is 31.8. The van der Waals surface area contributed by atoms with Gasteiger partial charge in [-0.25, -0.2) is 4.79 Å². The van der Waals surface area contributed by atoms with Gasteiger partial charge in [-0.3, -0.25) is 48.1 Å². The van der Waals surface area contributed by atoms with Gasteiger partial charge in [0.1, 0.15) is 42.3 Å². The SMILES string of the molecule is CC[C@H](C)[C@H](NC(=O)[C@H](CO)NC(=O)CNC(=O)[C@H](CCCN=C(N)N)NC(=O)[C@@H]1CCCN1C(=O)[C@@H](NC(=O)[C@H](CC(C)C)NC(=O)CN)C(C)C)C(=O)N[C@@H](C)C(=O)N[C@H](C(=O)O)[C@@H](C)O. The molecule has 1 aliphatic rings. The molecule has 26 nitrogen and oxygen atoms in total. The molecule has 1 aliphatic heterocycles. The molecule has 0 bridgehead atoms. The molecule has 1 rings (SSSR count). The van der Waals surface area contributed by atoms with Gasteiger partial charge in [0.05, 0.1) is 25.8 Å². The average molecular weight is 970 g/mol.